The number of anilines is 1. The standard InChI is InChI=1S/C19H19N3O3S/c1-13-18(19(20)21-25-13)26(23,24)22-11-15-9-5-6-10-16(15)17(12-22)14-7-3-2-4-8-14/h2-10,17H,11-12H2,1H3,(H2,20,21). The van der Waals surface area contributed by atoms with Gasteiger partial charge in [-0.2, -0.15) is 4.31 Å². The molecule has 0 fully saturated rings. The van der Waals surface area contributed by atoms with E-state index >= 15 is 0 Å². The molecule has 2 aromatic carbocycles. The van der Waals surface area contributed by atoms with E-state index in [2.05, 4.69) is 11.2 Å². The minimum absolute atomic E-state index is 0.0382. The Morgan fingerprint density at radius 3 is 2.50 bits per heavy atom. The Morgan fingerprint density at radius 1 is 1.12 bits per heavy atom. The molecule has 0 radical (unpaired) electrons. The number of fused-ring (bicyclic) bond motifs is 1. The van der Waals surface area contributed by atoms with Crippen molar-refractivity contribution in [2.24, 2.45) is 0 Å². The summed E-state index contributed by atoms with van der Waals surface area (Å²) < 4.78 is 32.9. The number of hydrogen-bond donors (Lipinski definition) is 1. The molecule has 0 spiro atoms. The number of nitrogens with zero attached hydrogens (tertiary/aromatic N) is 2. The Hall–Kier alpha value is -2.64. The quantitative estimate of drug-likeness (QED) is 0.767. The second kappa shape index (κ2) is 6.26. The Bertz CT molecular complexity index is 1030. The summed E-state index contributed by atoms with van der Waals surface area (Å²) in [4.78, 5) is -0.0382. The monoisotopic (exact) mass is 369 g/mol. The smallest absolute Gasteiger partial charge is 0.250 e. The fourth-order valence-corrected chi connectivity index (χ4v) is 5.17. The summed E-state index contributed by atoms with van der Waals surface area (Å²) in [6.45, 7) is 2.20. The molecule has 0 saturated heterocycles. The third-order valence-corrected chi connectivity index (χ3v) is 6.77. The molecule has 1 aliphatic rings. The molecule has 1 aromatic heterocycles. The van der Waals surface area contributed by atoms with Crippen molar-refractivity contribution in [1.29, 1.82) is 0 Å². The van der Waals surface area contributed by atoms with E-state index in [1.165, 1.54) is 4.31 Å². The Balaban J connectivity index is 1.81. The highest BCUT2D eigenvalue weighted by Gasteiger charge is 2.37. The first-order chi connectivity index (χ1) is 12.5. The zero-order valence-corrected chi connectivity index (χ0v) is 15.1. The van der Waals surface area contributed by atoms with Gasteiger partial charge in [0, 0.05) is 19.0 Å². The normalized spacial score (nSPS) is 17.8. The maximum Gasteiger partial charge on any atom is 0.250 e. The molecule has 1 aliphatic heterocycles. The summed E-state index contributed by atoms with van der Waals surface area (Å²) in [6.07, 6.45) is 0. The lowest BCUT2D eigenvalue weighted by molar-refractivity contribution is 0.368. The number of nitrogens with two attached hydrogens (primary N) is 1. The van der Waals surface area contributed by atoms with Gasteiger partial charge in [0.2, 0.25) is 0 Å². The third kappa shape index (κ3) is 2.69. The van der Waals surface area contributed by atoms with Crippen molar-refractivity contribution in [3.63, 3.8) is 0 Å². The Kier molecular flexibility index (Phi) is 4.05. The van der Waals surface area contributed by atoms with E-state index < -0.39 is 10.0 Å². The lowest BCUT2D eigenvalue weighted by Gasteiger charge is -2.34. The van der Waals surface area contributed by atoms with Gasteiger partial charge >= 0.3 is 0 Å². The Labute approximate surface area is 152 Å². The number of aromatic nitrogens is 1. The number of sulfonamides is 1. The molecule has 0 aliphatic carbocycles. The summed E-state index contributed by atoms with van der Waals surface area (Å²) in [5, 5.41) is 3.60. The predicted octanol–water partition coefficient (Wildman–Crippen LogP) is 2.90. The predicted molar refractivity (Wildman–Crippen MR) is 98.0 cm³/mol. The van der Waals surface area contributed by atoms with Crippen LogP contribution < -0.4 is 5.73 Å². The molecule has 0 amide bonds. The van der Waals surface area contributed by atoms with E-state index in [4.69, 9.17) is 10.3 Å². The van der Waals surface area contributed by atoms with Crippen LogP contribution in [0.15, 0.2) is 64.0 Å². The summed E-state index contributed by atoms with van der Waals surface area (Å²) in [5.74, 6) is 0.0626. The van der Waals surface area contributed by atoms with Crippen LogP contribution in [0.3, 0.4) is 0 Å². The number of nitrogen functional groups attached to an aromatic ring is 1. The van der Waals surface area contributed by atoms with E-state index in [1.807, 2.05) is 48.5 Å². The summed E-state index contributed by atoms with van der Waals surface area (Å²) in [6, 6.07) is 17.9. The molecule has 6 nitrogen and oxygen atoms in total. The first-order valence-electron chi connectivity index (χ1n) is 8.33. The van der Waals surface area contributed by atoms with Crippen LogP contribution in [-0.4, -0.2) is 24.4 Å². The van der Waals surface area contributed by atoms with Gasteiger partial charge in [-0.25, -0.2) is 8.42 Å². The van der Waals surface area contributed by atoms with E-state index in [0.717, 1.165) is 16.7 Å². The van der Waals surface area contributed by atoms with Gasteiger partial charge in [-0.15, -0.1) is 0 Å². The molecule has 134 valence electrons. The largest absolute Gasteiger partial charge is 0.380 e. The van der Waals surface area contributed by atoms with Gasteiger partial charge in [0.05, 0.1) is 0 Å². The van der Waals surface area contributed by atoms with Gasteiger partial charge in [-0.1, -0.05) is 59.8 Å². The maximum absolute atomic E-state index is 13.2. The second-order valence-electron chi connectivity index (χ2n) is 6.41. The van der Waals surface area contributed by atoms with E-state index in [9.17, 15) is 8.42 Å². The van der Waals surface area contributed by atoms with Gasteiger partial charge in [0.1, 0.15) is 0 Å². The summed E-state index contributed by atoms with van der Waals surface area (Å²) >= 11 is 0. The highest BCUT2D eigenvalue weighted by Crippen LogP contribution is 2.37. The van der Waals surface area contributed by atoms with Crippen LogP contribution in [0, 0.1) is 6.92 Å². The first-order valence-corrected chi connectivity index (χ1v) is 9.77. The maximum atomic E-state index is 13.2. The first kappa shape index (κ1) is 16.8. The van der Waals surface area contributed by atoms with Gasteiger partial charge in [0.15, 0.2) is 16.5 Å². The van der Waals surface area contributed by atoms with Crippen molar-refractivity contribution in [2.45, 2.75) is 24.3 Å². The molecule has 7 heteroatoms. The van der Waals surface area contributed by atoms with Crippen LogP contribution in [0.4, 0.5) is 5.82 Å². The second-order valence-corrected chi connectivity index (χ2v) is 8.29. The minimum Gasteiger partial charge on any atom is -0.380 e. The zero-order valence-electron chi connectivity index (χ0n) is 14.3. The molecule has 26 heavy (non-hydrogen) atoms. The minimum atomic E-state index is -3.81. The van der Waals surface area contributed by atoms with Crippen molar-refractivity contribution in [2.75, 3.05) is 12.3 Å². The van der Waals surface area contributed by atoms with Crippen molar-refractivity contribution in [3.05, 3.63) is 77.0 Å². The molecule has 1 unspecified atom stereocenters. The highest BCUT2D eigenvalue weighted by molar-refractivity contribution is 7.89. The van der Waals surface area contributed by atoms with Crippen LogP contribution in [-0.2, 0) is 16.6 Å². The van der Waals surface area contributed by atoms with Gasteiger partial charge in [-0.3, -0.25) is 0 Å². The molecule has 0 bridgehead atoms. The van der Waals surface area contributed by atoms with Crippen LogP contribution in [0.25, 0.3) is 0 Å². The SMILES string of the molecule is Cc1onc(N)c1S(=O)(=O)N1Cc2ccccc2C(c2ccccc2)C1. The molecule has 3 aromatic rings. The van der Waals surface area contributed by atoms with Crippen LogP contribution in [0.5, 0.6) is 0 Å². The molecule has 1 atom stereocenters. The average Bonchev–Trinajstić information content (AvgIpc) is 3.00. The lowest BCUT2D eigenvalue weighted by Crippen LogP contribution is -2.39. The number of aryl methyl sites for hydroxylation is 1. The molecular weight excluding hydrogens is 350 g/mol. The fraction of sp³-hybridized carbons (Fsp3) is 0.211. The lowest BCUT2D eigenvalue weighted by atomic mass is 9.86. The van der Waals surface area contributed by atoms with Crippen LogP contribution >= 0.6 is 0 Å². The molecule has 0 saturated carbocycles. The Morgan fingerprint density at radius 2 is 1.81 bits per heavy atom. The topological polar surface area (TPSA) is 89.4 Å². The van der Waals surface area contributed by atoms with Crippen LogP contribution in [0.2, 0.25) is 0 Å². The third-order valence-electron chi connectivity index (χ3n) is 4.80. The van der Waals surface area contributed by atoms with E-state index in [1.54, 1.807) is 6.92 Å². The van der Waals surface area contributed by atoms with Crippen LogP contribution in [0.1, 0.15) is 28.4 Å². The van der Waals surface area contributed by atoms with Gasteiger partial charge in [-0.05, 0) is 23.6 Å². The van der Waals surface area contributed by atoms with Gasteiger partial charge in [0.25, 0.3) is 10.0 Å². The average molecular weight is 369 g/mol. The fourth-order valence-electron chi connectivity index (χ4n) is 3.55. The zero-order chi connectivity index (χ0) is 18.3. The van der Waals surface area contributed by atoms with Gasteiger partial charge < -0.3 is 10.3 Å². The number of benzene rings is 2. The summed E-state index contributed by atoms with van der Waals surface area (Å²) in [7, 11) is -3.81. The van der Waals surface area contributed by atoms with Crippen molar-refractivity contribution in [1.82, 2.24) is 9.46 Å². The molecular formula is C19H19N3O3S. The highest BCUT2D eigenvalue weighted by atomic mass is 32.2. The molecule has 2 heterocycles. The molecule has 4 rings (SSSR count). The summed E-state index contributed by atoms with van der Waals surface area (Å²) in [5.41, 5.74) is 8.99. The molecule has 2 N–H and O–H groups in total. The van der Waals surface area contributed by atoms with E-state index in [0.29, 0.717) is 13.1 Å². The number of hydrogen-bond acceptors (Lipinski definition) is 5. The van der Waals surface area contributed by atoms with Crippen molar-refractivity contribution < 1.29 is 12.9 Å². The van der Waals surface area contributed by atoms with Crippen molar-refractivity contribution in [3.8, 4) is 0 Å². The van der Waals surface area contributed by atoms with Crippen molar-refractivity contribution >= 4 is 15.8 Å². The number of rotatable bonds is 3. The van der Waals surface area contributed by atoms with E-state index in [-0.39, 0.29) is 22.4 Å².